The van der Waals surface area contributed by atoms with Gasteiger partial charge in [0.2, 0.25) is 11.8 Å². The summed E-state index contributed by atoms with van der Waals surface area (Å²) in [6.45, 7) is 0.260. The van der Waals surface area contributed by atoms with Gasteiger partial charge < -0.3 is 15.2 Å². The third-order valence-corrected chi connectivity index (χ3v) is 5.61. The predicted octanol–water partition coefficient (Wildman–Crippen LogP) is 2.18. The molecule has 0 bridgehead atoms. The molecule has 8 nitrogen and oxygen atoms in total. The maximum atomic E-state index is 12.8. The summed E-state index contributed by atoms with van der Waals surface area (Å²) in [6.07, 6.45) is 2.30. The van der Waals surface area contributed by atoms with Crippen LogP contribution in [-0.4, -0.2) is 39.6 Å². The molecule has 30 heavy (non-hydrogen) atoms. The summed E-state index contributed by atoms with van der Waals surface area (Å²) in [6, 6.07) is 12.0. The molecule has 1 fully saturated rings. The van der Waals surface area contributed by atoms with Gasteiger partial charge in [0, 0.05) is 35.8 Å². The Balaban J connectivity index is 1.36. The Kier molecular flexibility index (Phi) is 4.13. The Bertz CT molecular complexity index is 1230. The van der Waals surface area contributed by atoms with Crippen molar-refractivity contribution in [1.82, 2.24) is 15.2 Å². The van der Waals surface area contributed by atoms with Crippen molar-refractivity contribution in [3.8, 4) is 0 Å². The number of nitrogens with one attached hydrogen (secondary N) is 3. The summed E-state index contributed by atoms with van der Waals surface area (Å²) < 4.78 is 0. The molecule has 1 unspecified atom stereocenters. The van der Waals surface area contributed by atoms with Gasteiger partial charge in [0.1, 0.15) is 11.7 Å². The van der Waals surface area contributed by atoms with Crippen molar-refractivity contribution in [3.63, 3.8) is 0 Å². The van der Waals surface area contributed by atoms with Crippen molar-refractivity contribution in [2.75, 3.05) is 5.32 Å². The highest BCUT2D eigenvalue weighted by Gasteiger charge is 2.39. The summed E-state index contributed by atoms with van der Waals surface area (Å²) in [7, 11) is 0. The first kappa shape index (κ1) is 18.1. The molecule has 0 aliphatic carbocycles. The lowest BCUT2D eigenvalue weighted by molar-refractivity contribution is -0.136. The lowest BCUT2D eigenvalue weighted by Gasteiger charge is -2.29. The van der Waals surface area contributed by atoms with Crippen LogP contribution in [0, 0.1) is 0 Å². The normalized spacial score (nSPS) is 18.5. The van der Waals surface area contributed by atoms with Crippen LogP contribution in [0.5, 0.6) is 0 Å². The van der Waals surface area contributed by atoms with Crippen molar-refractivity contribution in [1.29, 1.82) is 0 Å². The molecular weight excluding hydrogens is 384 g/mol. The zero-order valence-electron chi connectivity index (χ0n) is 15.9. The lowest BCUT2D eigenvalue weighted by atomic mass is 10.0. The fourth-order valence-electron chi connectivity index (χ4n) is 4.11. The molecule has 1 saturated heterocycles. The van der Waals surface area contributed by atoms with Crippen LogP contribution in [0.2, 0.25) is 0 Å². The largest absolute Gasteiger partial charge is 0.356 e. The molecular formula is C22H18N4O4. The summed E-state index contributed by atoms with van der Waals surface area (Å²) >= 11 is 0. The van der Waals surface area contributed by atoms with Crippen molar-refractivity contribution < 1.29 is 19.2 Å². The van der Waals surface area contributed by atoms with Crippen LogP contribution in [0.1, 0.15) is 39.3 Å². The number of piperidine rings is 1. The number of nitrogens with zero attached hydrogens (tertiary/aromatic N) is 1. The van der Waals surface area contributed by atoms with Gasteiger partial charge in [0.15, 0.2) is 0 Å². The first-order valence-corrected chi connectivity index (χ1v) is 9.66. The summed E-state index contributed by atoms with van der Waals surface area (Å²) in [5.41, 5.74) is 2.27. The maximum Gasteiger partial charge on any atom is 0.272 e. The topological polar surface area (TPSA) is 111 Å². The second kappa shape index (κ2) is 6.84. The molecule has 0 saturated carbocycles. The van der Waals surface area contributed by atoms with E-state index in [1.165, 1.54) is 4.90 Å². The van der Waals surface area contributed by atoms with Gasteiger partial charge >= 0.3 is 0 Å². The Hall–Kier alpha value is -3.94. The van der Waals surface area contributed by atoms with E-state index in [0.29, 0.717) is 23.4 Å². The molecule has 2 aliphatic rings. The number of benzene rings is 2. The number of fused-ring (bicyclic) bond motifs is 2. The van der Waals surface area contributed by atoms with Crippen molar-refractivity contribution in [3.05, 3.63) is 65.5 Å². The first-order chi connectivity index (χ1) is 14.5. The smallest absolute Gasteiger partial charge is 0.272 e. The van der Waals surface area contributed by atoms with Gasteiger partial charge in [-0.25, -0.2) is 0 Å². The van der Waals surface area contributed by atoms with Gasteiger partial charge in [-0.15, -0.1) is 0 Å². The number of carbonyl (C=O) groups excluding carboxylic acids is 4. The number of rotatable bonds is 3. The average molecular weight is 402 g/mol. The van der Waals surface area contributed by atoms with E-state index in [9.17, 15) is 19.2 Å². The zero-order chi connectivity index (χ0) is 20.8. The van der Waals surface area contributed by atoms with Gasteiger partial charge in [-0.2, -0.15) is 0 Å². The van der Waals surface area contributed by atoms with E-state index in [1.807, 2.05) is 24.3 Å². The van der Waals surface area contributed by atoms with E-state index in [1.54, 1.807) is 24.4 Å². The fourth-order valence-corrected chi connectivity index (χ4v) is 4.11. The summed E-state index contributed by atoms with van der Waals surface area (Å²) in [5.74, 6) is -1.28. The van der Waals surface area contributed by atoms with Crippen LogP contribution in [0.25, 0.3) is 10.8 Å². The molecule has 1 atom stereocenters. The van der Waals surface area contributed by atoms with Crippen LogP contribution in [0.15, 0.2) is 48.7 Å². The van der Waals surface area contributed by atoms with Crippen molar-refractivity contribution >= 4 is 40.1 Å². The molecule has 3 aromatic rings. The monoisotopic (exact) mass is 402 g/mol. The van der Waals surface area contributed by atoms with Crippen LogP contribution in [-0.2, 0) is 16.1 Å². The predicted molar refractivity (Wildman–Crippen MR) is 109 cm³/mol. The highest BCUT2D eigenvalue weighted by Crippen LogP contribution is 2.30. The molecule has 3 N–H and O–H groups in total. The number of hydrogen-bond acceptors (Lipinski definition) is 4. The highest BCUT2D eigenvalue weighted by atomic mass is 16.2. The zero-order valence-corrected chi connectivity index (χ0v) is 15.9. The first-order valence-electron chi connectivity index (χ1n) is 9.66. The minimum atomic E-state index is -0.661. The molecule has 0 spiro atoms. The van der Waals surface area contributed by atoms with Gasteiger partial charge in [-0.1, -0.05) is 24.3 Å². The Morgan fingerprint density at radius 2 is 1.93 bits per heavy atom. The Morgan fingerprint density at radius 1 is 1.10 bits per heavy atom. The van der Waals surface area contributed by atoms with E-state index >= 15 is 0 Å². The number of anilines is 1. The van der Waals surface area contributed by atoms with E-state index in [4.69, 9.17) is 0 Å². The van der Waals surface area contributed by atoms with Crippen molar-refractivity contribution in [2.45, 2.75) is 25.4 Å². The number of hydrogen-bond donors (Lipinski definition) is 3. The minimum Gasteiger partial charge on any atom is -0.356 e. The number of imide groups is 1. The van der Waals surface area contributed by atoms with E-state index in [2.05, 4.69) is 15.6 Å². The second-order valence-electron chi connectivity index (χ2n) is 7.48. The highest BCUT2D eigenvalue weighted by molar-refractivity contribution is 6.12. The molecule has 0 radical (unpaired) electrons. The molecule has 2 aromatic carbocycles. The molecule has 5 rings (SSSR count). The van der Waals surface area contributed by atoms with E-state index in [0.717, 1.165) is 16.3 Å². The Labute approximate surface area is 171 Å². The standard InChI is InChI=1S/C22H18N4O4/c27-18-8-7-17(20(28)25-18)26-11-13-9-14(5-6-16(13)22(26)30)24-21(29)19-15-4-2-1-3-12(15)10-23-19/h1-6,9-10,17,23H,7-8,11H2,(H,24,29)(H,25,27,28). The molecule has 8 heteroatoms. The Morgan fingerprint density at radius 3 is 2.77 bits per heavy atom. The molecule has 150 valence electrons. The van der Waals surface area contributed by atoms with E-state index in [-0.39, 0.29) is 30.7 Å². The number of H-pyrrole nitrogens is 1. The minimum absolute atomic E-state index is 0.210. The molecule has 4 amide bonds. The number of aromatic nitrogens is 1. The average Bonchev–Trinajstić information content (AvgIpc) is 3.29. The van der Waals surface area contributed by atoms with Gasteiger partial charge in [-0.05, 0) is 35.6 Å². The van der Waals surface area contributed by atoms with Crippen LogP contribution in [0.3, 0.4) is 0 Å². The van der Waals surface area contributed by atoms with Gasteiger partial charge in [0.05, 0.1) is 0 Å². The lowest BCUT2D eigenvalue weighted by Crippen LogP contribution is -2.52. The van der Waals surface area contributed by atoms with Crippen LogP contribution >= 0.6 is 0 Å². The fraction of sp³-hybridized carbons (Fsp3) is 0.182. The number of aromatic amines is 1. The summed E-state index contributed by atoms with van der Waals surface area (Å²) in [5, 5.41) is 6.93. The number of carbonyl (C=O) groups is 4. The quantitative estimate of drug-likeness (QED) is 0.583. The molecule has 3 heterocycles. The summed E-state index contributed by atoms with van der Waals surface area (Å²) in [4.78, 5) is 53.5. The van der Waals surface area contributed by atoms with Gasteiger partial charge in [-0.3, -0.25) is 24.5 Å². The van der Waals surface area contributed by atoms with Crippen molar-refractivity contribution in [2.24, 2.45) is 0 Å². The van der Waals surface area contributed by atoms with Crippen LogP contribution in [0.4, 0.5) is 5.69 Å². The molecule has 1 aromatic heterocycles. The third kappa shape index (κ3) is 2.93. The van der Waals surface area contributed by atoms with Gasteiger partial charge in [0.25, 0.3) is 11.8 Å². The number of amides is 4. The second-order valence-corrected chi connectivity index (χ2v) is 7.48. The maximum absolute atomic E-state index is 12.8. The SMILES string of the molecule is O=C1CCC(N2Cc3cc(NC(=O)c4[nH]cc5ccccc45)ccc3C2=O)C(=O)N1. The van der Waals surface area contributed by atoms with Crippen LogP contribution < -0.4 is 10.6 Å². The molecule has 2 aliphatic heterocycles. The third-order valence-electron chi connectivity index (χ3n) is 5.61. The van der Waals surface area contributed by atoms with E-state index < -0.39 is 11.9 Å².